The Balaban J connectivity index is 1.59. The normalized spacial score (nSPS) is 29.0. The van der Waals surface area contributed by atoms with Gasteiger partial charge in [-0.05, 0) is 44.6 Å². The smallest absolute Gasteiger partial charge is 0.228 e. The van der Waals surface area contributed by atoms with Crippen LogP contribution in [-0.2, 0) is 16.0 Å². The van der Waals surface area contributed by atoms with Gasteiger partial charge in [0.25, 0.3) is 0 Å². The van der Waals surface area contributed by atoms with Crippen molar-refractivity contribution in [3.63, 3.8) is 0 Å². The number of hydrogen-bond acceptors (Lipinski definition) is 2. The molecule has 2 aliphatic rings. The van der Waals surface area contributed by atoms with Crippen molar-refractivity contribution in [2.45, 2.75) is 51.2 Å². The number of hydrogen-bond donors (Lipinski definition) is 0. The third-order valence-corrected chi connectivity index (χ3v) is 4.96. The van der Waals surface area contributed by atoms with Crippen LogP contribution in [0.2, 0.25) is 0 Å². The van der Waals surface area contributed by atoms with Gasteiger partial charge in [-0.3, -0.25) is 4.79 Å². The first-order valence-electron chi connectivity index (χ1n) is 8.21. The molecule has 3 heteroatoms. The van der Waals surface area contributed by atoms with Crippen molar-refractivity contribution < 1.29 is 9.53 Å². The Morgan fingerprint density at radius 3 is 2.81 bits per heavy atom. The Bertz CT molecular complexity index is 473. The first-order chi connectivity index (χ1) is 10.3. The first-order valence-corrected chi connectivity index (χ1v) is 8.21. The van der Waals surface area contributed by atoms with E-state index < -0.39 is 0 Å². The van der Waals surface area contributed by atoms with E-state index in [0.717, 1.165) is 45.3 Å². The van der Waals surface area contributed by atoms with Gasteiger partial charge in [0.15, 0.2) is 0 Å². The van der Waals surface area contributed by atoms with E-state index >= 15 is 0 Å². The van der Waals surface area contributed by atoms with E-state index in [1.54, 1.807) is 0 Å². The number of nitrogens with zero attached hydrogens (tertiary/aromatic N) is 1. The zero-order valence-corrected chi connectivity index (χ0v) is 12.8. The Labute approximate surface area is 127 Å². The highest BCUT2D eigenvalue weighted by molar-refractivity contribution is 5.80. The Morgan fingerprint density at radius 1 is 1.29 bits per heavy atom. The lowest BCUT2D eigenvalue weighted by Gasteiger charge is -2.28. The minimum atomic E-state index is 0.0855. The molecule has 0 radical (unpaired) electrons. The fourth-order valence-electron chi connectivity index (χ4n) is 3.67. The minimum absolute atomic E-state index is 0.0855. The number of aryl methyl sites for hydroxylation is 1. The molecule has 1 aromatic rings. The lowest BCUT2D eigenvalue weighted by molar-refractivity contribution is -0.137. The molecule has 0 saturated carbocycles. The van der Waals surface area contributed by atoms with Crippen LogP contribution in [0.4, 0.5) is 0 Å². The van der Waals surface area contributed by atoms with Crippen LogP contribution in [-0.4, -0.2) is 36.1 Å². The lowest BCUT2D eigenvalue weighted by atomic mass is 9.99. The van der Waals surface area contributed by atoms with Gasteiger partial charge in [0, 0.05) is 19.2 Å². The van der Waals surface area contributed by atoms with E-state index in [0.29, 0.717) is 11.9 Å². The summed E-state index contributed by atoms with van der Waals surface area (Å²) in [5.74, 6) is 0.415. The molecule has 3 unspecified atom stereocenters. The Kier molecular flexibility index (Phi) is 4.59. The zero-order valence-electron chi connectivity index (χ0n) is 12.8. The summed E-state index contributed by atoms with van der Waals surface area (Å²) in [7, 11) is 0. The molecule has 1 aromatic carbocycles. The Morgan fingerprint density at radius 2 is 2.10 bits per heavy atom. The second kappa shape index (κ2) is 6.61. The van der Waals surface area contributed by atoms with Gasteiger partial charge in [-0.1, -0.05) is 30.3 Å². The van der Waals surface area contributed by atoms with Crippen LogP contribution in [0.25, 0.3) is 0 Å². The fraction of sp³-hybridized carbons (Fsp3) is 0.611. The number of rotatable bonds is 4. The van der Waals surface area contributed by atoms with Crippen molar-refractivity contribution in [3.05, 3.63) is 35.9 Å². The standard InChI is InChI=1S/C18H25NO2/c1-14-17(11-13-21-14)18(20)19-12-5-8-16(19)10-9-15-6-3-2-4-7-15/h2-4,6-7,14,16-17H,5,8-13H2,1H3. The monoisotopic (exact) mass is 287 g/mol. The zero-order chi connectivity index (χ0) is 14.7. The summed E-state index contributed by atoms with van der Waals surface area (Å²) in [5, 5.41) is 0. The molecule has 3 atom stereocenters. The summed E-state index contributed by atoms with van der Waals surface area (Å²) >= 11 is 0. The number of ether oxygens (including phenoxy) is 1. The molecule has 2 saturated heterocycles. The van der Waals surface area contributed by atoms with Gasteiger partial charge in [0.2, 0.25) is 5.91 Å². The lowest BCUT2D eigenvalue weighted by Crippen LogP contribution is -2.41. The van der Waals surface area contributed by atoms with Gasteiger partial charge in [0.05, 0.1) is 12.0 Å². The predicted molar refractivity (Wildman–Crippen MR) is 83.0 cm³/mol. The van der Waals surface area contributed by atoms with Gasteiger partial charge < -0.3 is 9.64 Å². The highest BCUT2D eigenvalue weighted by Crippen LogP contribution is 2.29. The van der Waals surface area contributed by atoms with E-state index in [1.807, 2.05) is 6.92 Å². The van der Waals surface area contributed by atoms with Crippen molar-refractivity contribution in [1.29, 1.82) is 0 Å². The SMILES string of the molecule is CC1OCCC1C(=O)N1CCCC1CCc1ccccc1. The van der Waals surface area contributed by atoms with Crippen LogP contribution >= 0.6 is 0 Å². The number of benzene rings is 1. The summed E-state index contributed by atoms with van der Waals surface area (Å²) in [6, 6.07) is 11.0. The summed E-state index contributed by atoms with van der Waals surface area (Å²) < 4.78 is 5.56. The average Bonchev–Trinajstić information content (AvgIpc) is 3.14. The summed E-state index contributed by atoms with van der Waals surface area (Å²) in [6.45, 7) is 3.70. The largest absolute Gasteiger partial charge is 0.378 e. The molecule has 1 amide bonds. The number of likely N-dealkylation sites (tertiary alicyclic amines) is 1. The van der Waals surface area contributed by atoms with E-state index in [-0.39, 0.29) is 12.0 Å². The molecule has 3 rings (SSSR count). The molecule has 2 fully saturated rings. The maximum atomic E-state index is 12.7. The van der Waals surface area contributed by atoms with Crippen molar-refractivity contribution in [2.75, 3.05) is 13.2 Å². The predicted octanol–water partition coefficient (Wildman–Crippen LogP) is 3.04. The maximum absolute atomic E-state index is 12.7. The molecule has 0 bridgehead atoms. The van der Waals surface area contributed by atoms with E-state index in [2.05, 4.69) is 35.2 Å². The van der Waals surface area contributed by atoms with Crippen molar-refractivity contribution in [3.8, 4) is 0 Å². The topological polar surface area (TPSA) is 29.5 Å². The highest BCUT2D eigenvalue weighted by atomic mass is 16.5. The highest BCUT2D eigenvalue weighted by Gasteiger charge is 2.37. The molecule has 2 aliphatic heterocycles. The number of amides is 1. The van der Waals surface area contributed by atoms with Crippen LogP contribution < -0.4 is 0 Å². The molecule has 2 heterocycles. The quantitative estimate of drug-likeness (QED) is 0.852. The van der Waals surface area contributed by atoms with Crippen LogP contribution in [0.3, 0.4) is 0 Å². The number of carbonyl (C=O) groups is 1. The molecule has 0 aliphatic carbocycles. The van der Waals surface area contributed by atoms with Gasteiger partial charge >= 0.3 is 0 Å². The molecule has 21 heavy (non-hydrogen) atoms. The molecule has 0 spiro atoms. The van der Waals surface area contributed by atoms with Crippen LogP contribution in [0, 0.1) is 5.92 Å². The van der Waals surface area contributed by atoms with Crippen molar-refractivity contribution in [2.24, 2.45) is 5.92 Å². The van der Waals surface area contributed by atoms with Crippen molar-refractivity contribution in [1.82, 2.24) is 4.90 Å². The second-order valence-electron chi connectivity index (χ2n) is 6.32. The van der Waals surface area contributed by atoms with Crippen LogP contribution in [0.15, 0.2) is 30.3 Å². The molecule has 3 nitrogen and oxygen atoms in total. The summed E-state index contributed by atoms with van der Waals surface area (Å²) in [6.07, 6.45) is 5.42. The second-order valence-corrected chi connectivity index (χ2v) is 6.32. The van der Waals surface area contributed by atoms with Crippen LogP contribution in [0.1, 0.15) is 38.2 Å². The van der Waals surface area contributed by atoms with Crippen LogP contribution in [0.5, 0.6) is 0 Å². The van der Waals surface area contributed by atoms with E-state index in [1.165, 1.54) is 5.56 Å². The maximum Gasteiger partial charge on any atom is 0.228 e. The molecular weight excluding hydrogens is 262 g/mol. The fourth-order valence-corrected chi connectivity index (χ4v) is 3.67. The molecule has 114 valence electrons. The van der Waals surface area contributed by atoms with Gasteiger partial charge in [-0.2, -0.15) is 0 Å². The first kappa shape index (κ1) is 14.6. The molecule has 0 aromatic heterocycles. The van der Waals surface area contributed by atoms with Gasteiger partial charge in [0.1, 0.15) is 0 Å². The molecule has 0 N–H and O–H groups in total. The number of carbonyl (C=O) groups excluding carboxylic acids is 1. The van der Waals surface area contributed by atoms with Gasteiger partial charge in [-0.15, -0.1) is 0 Å². The van der Waals surface area contributed by atoms with Crippen molar-refractivity contribution >= 4 is 5.91 Å². The van der Waals surface area contributed by atoms with E-state index in [9.17, 15) is 4.79 Å². The Hall–Kier alpha value is -1.35. The summed E-state index contributed by atoms with van der Waals surface area (Å²) in [4.78, 5) is 14.9. The van der Waals surface area contributed by atoms with Gasteiger partial charge in [-0.25, -0.2) is 0 Å². The minimum Gasteiger partial charge on any atom is -0.378 e. The average molecular weight is 287 g/mol. The molecular formula is C18H25NO2. The summed E-state index contributed by atoms with van der Waals surface area (Å²) in [5.41, 5.74) is 1.37. The third kappa shape index (κ3) is 3.29. The third-order valence-electron chi connectivity index (χ3n) is 4.96. The van der Waals surface area contributed by atoms with E-state index in [4.69, 9.17) is 4.74 Å².